The first-order valence-electron chi connectivity index (χ1n) is 11.1. The smallest absolute Gasteiger partial charge is 0.250 e. The summed E-state index contributed by atoms with van der Waals surface area (Å²) in [6.07, 6.45) is 3.30. The number of methoxy groups -OCH3 is 2. The lowest BCUT2D eigenvalue weighted by atomic mass is 9.99. The summed E-state index contributed by atoms with van der Waals surface area (Å²) in [5, 5.41) is 4.39. The molecular formula is C28H24N2O4S. The first-order valence-corrected chi connectivity index (χ1v) is 11.9. The van der Waals surface area contributed by atoms with E-state index in [1.165, 1.54) is 11.3 Å². The maximum Gasteiger partial charge on any atom is 0.250 e. The maximum absolute atomic E-state index is 12.8. The topological polar surface area (TPSA) is 73.6 Å². The second-order valence-electron chi connectivity index (χ2n) is 8.23. The molecule has 0 aliphatic heterocycles. The Balaban J connectivity index is 1.47. The molecule has 2 heterocycles. The van der Waals surface area contributed by atoms with E-state index in [1.807, 2.05) is 62.4 Å². The zero-order valence-corrected chi connectivity index (χ0v) is 20.7. The van der Waals surface area contributed by atoms with Gasteiger partial charge in [0, 0.05) is 28.7 Å². The van der Waals surface area contributed by atoms with Gasteiger partial charge in [-0.15, -0.1) is 0 Å². The van der Waals surface area contributed by atoms with Gasteiger partial charge in [0.15, 0.2) is 5.13 Å². The fraction of sp³-hybridized carbons (Fsp3) is 0.143. The van der Waals surface area contributed by atoms with Crippen LogP contribution >= 0.6 is 11.3 Å². The molecule has 176 valence electrons. The van der Waals surface area contributed by atoms with Gasteiger partial charge in [-0.2, -0.15) is 0 Å². The summed E-state index contributed by atoms with van der Waals surface area (Å²) in [7, 11) is 3.25. The lowest BCUT2D eigenvalue weighted by molar-refractivity contribution is -0.111. The van der Waals surface area contributed by atoms with Crippen LogP contribution in [0.2, 0.25) is 0 Å². The molecule has 0 unspecified atom stereocenters. The molecule has 0 aliphatic rings. The molecule has 0 atom stereocenters. The van der Waals surface area contributed by atoms with Gasteiger partial charge >= 0.3 is 0 Å². The van der Waals surface area contributed by atoms with Gasteiger partial charge in [-0.25, -0.2) is 4.98 Å². The predicted molar refractivity (Wildman–Crippen MR) is 141 cm³/mol. The van der Waals surface area contributed by atoms with Gasteiger partial charge in [-0.3, -0.25) is 10.1 Å². The molecule has 35 heavy (non-hydrogen) atoms. The molecule has 1 N–H and O–H groups in total. The molecule has 5 rings (SSSR count). The van der Waals surface area contributed by atoms with E-state index >= 15 is 0 Å². The first kappa shape index (κ1) is 22.7. The molecule has 6 nitrogen and oxygen atoms in total. The summed E-state index contributed by atoms with van der Waals surface area (Å²) in [6.45, 7) is 3.92. The lowest BCUT2D eigenvalue weighted by Crippen LogP contribution is -2.08. The molecule has 0 saturated heterocycles. The fourth-order valence-corrected chi connectivity index (χ4v) is 4.99. The van der Waals surface area contributed by atoms with E-state index in [2.05, 4.69) is 16.4 Å². The Labute approximate surface area is 206 Å². The van der Waals surface area contributed by atoms with Gasteiger partial charge in [0.2, 0.25) is 5.91 Å². The summed E-state index contributed by atoms with van der Waals surface area (Å²) < 4.78 is 17.7. The zero-order chi connectivity index (χ0) is 24.5. The van der Waals surface area contributed by atoms with E-state index in [0.717, 1.165) is 49.2 Å². The standard InChI is InChI=1S/C28H24N2O4S/c1-16-5-10-23-26(11-16)35-28(29-23)30-27(31)12-17(2)20-13-21-22(15-34-25(21)14-24(20)33-4)18-6-8-19(32-3)9-7-18/h5-15H,1-4H3,(H,29,30,31)/b17-12+. The van der Waals surface area contributed by atoms with Crippen LogP contribution in [0.15, 0.2) is 71.4 Å². The number of hydrogen-bond acceptors (Lipinski definition) is 6. The summed E-state index contributed by atoms with van der Waals surface area (Å²) in [5.74, 6) is 1.17. The Morgan fingerprint density at radius 3 is 2.60 bits per heavy atom. The molecular weight excluding hydrogens is 460 g/mol. The molecule has 0 saturated carbocycles. The van der Waals surface area contributed by atoms with Crippen LogP contribution in [0.25, 0.3) is 37.9 Å². The minimum Gasteiger partial charge on any atom is -0.497 e. The number of ether oxygens (including phenoxy) is 2. The van der Waals surface area contributed by atoms with Crippen LogP contribution in [0.3, 0.4) is 0 Å². The van der Waals surface area contributed by atoms with Gasteiger partial charge < -0.3 is 13.9 Å². The zero-order valence-electron chi connectivity index (χ0n) is 19.8. The van der Waals surface area contributed by atoms with E-state index in [1.54, 1.807) is 26.6 Å². The molecule has 7 heteroatoms. The normalized spacial score (nSPS) is 11.7. The fourth-order valence-electron chi connectivity index (χ4n) is 4.03. The van der Waals surface area contributed by atoms with Gasteiger partial charge in [0.1, 0.15) is 17.1 Å². The highest BCUT2D eigenvalue weighted by Crippen LogP contribution is 2.38. The molecule has 0 radical (unpaired) electrons. The number of fused-ring (bicyclic) bond motifs is 2. The Morgan fingerprint density at radius 1 is 1.06 bits per heavy atom. The van der Waals surface area contributed by atoms with Crippen molar-refractivity contribution in [1.29, 1.82) is 0 Å². The predicted octanol–water partition coefficient (Wildman–Crippen LogP) is 7.08. The Morgan fingerprint density at radius 2 is 1.86 bits per heavy atom. The van der Waals surface area contributed by atoms with Gasteiger partial charge in [-0.1, -0.05) is 29.5 Å². The third kappa shape index (κ3) is 4.50. The van der Waals surface area contributed by atoms with E-state index < -0.39 is 0 Å². The number of nitrogens with zero attached hydrogens (tertiary/aromatic N) is 1. The van der Waals surface area contributed by atoms with E-state index in [9.17, 15) is 4.79 Å². The first-order chi connectivity index (χ1) is 16.9. The molecule has 3 aromatic carbocycles. The highest BCUT2D eigenvalue weighted by Gasteiger charge is 2.15. The van der Waals surface area contributed by atoms with E-state index in [0.29, 0.717) is 16.5 Å². The number of benzene rings is 3. The number of amides is 1. The minimum absolute atomic E-state index is 0.247. The molecule has 0 aliphatic carbocycles. The van der Waals surface area contributed by atoms with Crippen molar-refractivity contribution < 1.29 is 18.7 Å². The number of rotatable bonds is 6. The summed E-state index contributed by atoms with van der Waals surface area (Å²) in [5.41, 5.74) is 6.27. The van der Waals surface area contributed by atoms with Crippen LogP contribution in [-0.4, -0.2) is 25.1 Å². The third-order valence-electron chi connectivity index (χ3n) is 5.84. The highest BCUT2D eigenvalue weighted by atomic mass is 32.1. The second kappa shape index (κ2) is 9.27. The molecule has 5 aromatic rings. The third-order valence-corrected chi connectivity index (χ3v) is 6.78. The van der Waals surface area contributed by atoms with Crippen LogP contribution in [-0.2, 0) is 4.79 Å². The highest BCUT2D eigenvalue weighted by molar-refractivity contribution is 7.22. The van der Waals surface area contributed by atoms with Crippen molar-refractivity contribution >= 4 is 49.1 Å². The number of furan rings is 1. The number of nitrogens with one attached hydrogen (secondary N) is 1. The Kier molecular flexibility index (Phi) is 6.01. The number of anilines is 1. The lowest BCUT2D eigenvalue weighted by Gasteiger charge is -2.10. The van der Waals surface area contributed by atoms with Gasteiger partial charge in [0.05, 0.1) is 30.7 Å². The number of allylic oxidation sites excluding steroid dienone is 1. The van der Waals surface area contributed by atoms with Crippen molar-refractivity contribution in [2.75, 3.05) is 19.5 Å². The molecule has 2 aromatic heterocycles. The second-order valence-corrected chi connectivity index (χ2v) is 9.26. The number of thiazole rings is 1. The number of aryl methyl sites for hydroxylation is 1. The Bertz CT molecular complexity index is 1580. The van der Waals surface area contributed by atoms with Crippen LogP contribution < -0.4 is 14.8 Å². The number of hydrogen-bond donors (Lipinski definition) is 1. The number of carbonyl (C=O) groups is 1. The average Bonchev–Trinajstić information content (AvgIpc) is 3.45. The molecule has 0 spiro atoms. The van der Waals surface area contributed by atoms with Gasteiger partial charge in [-0.05, 0) is 60.9 Å². The van der Waals surface area contributed by atoms with Crippen molar-refractivity contribution in [3.8, 4) is 22.6 Å². The SMILES string of the molecule is COc1ccc(-c2coc3cc(OC)c(/C(C)=C/C(=O)Nc4nc5ccc(C)cc5s4)cc23)cc1. The number of aromatic nitrogens is 1. The van der Waals surface area contributed by atoms with Crippen molar-refractivity contribution in [1.82, 2.24) is 4.98 Å². The Hall–Kier alpha value is -4.10. The number of carbonyl (C=O) groups excluding carboxylic acids is 1. The van der Waals surface area contributed by atoms with Crippen LogP contribution in [0.1, 0.15) is 18.1 Å². The van der Waals surface area contributed by atoms with Crippen LogP contribution in [0.4, 0.5) is 5.13 Å². The van der Waals surface area contributed by atoms with Crippen molar-refractivity contribution in [3.63, 3.8) is 0 Å². The van der Waals surface area contributed by atoms with Crippen molar-refractivity contribution in [3.05, 3.63) is 78.1 Å². The molecule has 0 bridgehead atoms. The van der Waals surface area contributed by atoms with E-state index in [-0.39, 0.29) is 5.91 Å². The van der Waals surface area contributed by atoms with Gasteiger partial charge in [0.25, 0.3) is 0 Å². The quantitative estimate of drug-likeness (QED) is 0.261. The summed E-state index contributed by atoms with van der Waals surface area (Å²) in [4.78, 5) is 17.3. The summed E-state index contributed by atoms with van der Waals surface area (Å²) in [6, 6.07) is 17.7. The monoisotopic (exact) mass is 484 g/mol. The van der Waals surface area contributed by atoms with Crippen LogP contribution in [0, 0.1) is 6.92 Å². The maximum atomic E-state index is 12.8. The largest absolute Gasteiger partial charge is 0.497 e. The molecule has 1 amide bonds. The van der Waals surface area contributed by atoms with E-state index in [4.69, 9.17) is 13.9 Å². The van der Waals surface area contributed by atoms with Crippen molar-refractivity contribution in [2.45, 2.75) is 13.8 Å². The molecule has 0 fully saturated rings. The minimum atomic E-state index is -0.247. The van der Waals surface area contributed by atoms with Crippen molar-refractivity contribution in [2.24, 2.45) is 0 Å². The average molecular weight is 485 g/mol. The van der Waals surface area contributed by atoms with Crippen LogP contribution in [0.5, 0.6) is 11.5 Å². The summed E-state index contributed by atoms with van der Waals surface area (Å²) >= 11 is 1.46.